The van der Waals surface area contributed by atoms with E-state index >= 15 is 0 Å². The first-order valence-electron chi connectivity index (χ1n) is 8.66. The summed E-state index contributed by atoms with van der Waals surface area (Å²) in [5.74, 6) is 0.347. The van der Waals surface area contributed by atoms with Crippen molar-refractivity contribution in [2.45, 2.75) is 69.6 Å². The number of hydrogen-bond acceptors (Lipinski definition) is 5. The van der Waals surface area contributed by atoms with Crippen LogP contribution in [0.15, 0.2) is 0 Å². The maximum atomic E-state index is 12.5. The van der Waals surface area contributed by atoms with Crippen molar-refractivity contribution in [3.8, 4) is 0 Å². The molecule has 0 spiro atoms. The van der Waals surface area contributed by atoms with Crippen LogP contribution < -0.4 is 16.0 Å². The minimum Gasteiger partial charge on any atom is -0.353 e. The van der Waals surface area contributed by atoms with Gasteiger partial charge in [0.25, 0.3) is 0 Å². The van der Waals surface area contributed by atoms with E-state index in [9.17, 15) is 4.79 Å². The SMILES string of the molecule is CC1NCCCC1C(=O)NC1CCC2OC(N(C)C)NC2C1. The van der Waals surface area contributed by atoms with E-state index in [1.807, 2.05) is 14.1 Å². The molecule has 22 heavy (non-hydrogen) atoms. The third kappa shape index (κ3) is 3.45. The van der Waals surface area contributed by atoms with E-state index in [4.69, 9.17) is 4.74 Å². The molecular formula is C16H30N4O2. The number of nitrogens with one attached hydrogen (secondary N) is 3. The van der Waals surface area contributed by atoms with E-state index in [1.165, 1.54) is 0 Å². The first-order chi connectivity index (χ1) is 10.5. The van der Waals surface area contributed by atoms with Gasteiger partial charge in [0.2, 0.25) is 5.91 Å². The summed E-state index contributed by atoms with van der Waals surface area (Å²) < 4.78 is 6.01. The second kappa shape index (κ2) is 6.83. The van der Waals surface area contributed by atoms with Crippen molar-refractivity contribution >= 4 is 5.91 Å². The molecule has 0 aromatic heterocycles. The van der Waals surface area contributed by atoms with Crippen molar-refractivity contribution in [2.24, 2.45) is 5.92 Å². The molecule has 0 aromatic carbocycles. The average molecular weight is 310 g/mol. The van der Waals surface area contributed by atoms with Crippen LogP contribution >= 0.6 is 0 Å². The van der Waals surface area contributed by atoms with Gasteiger partial charge in [0.15, 0.2) is 6.35 Å². The number of hydrogen-bond donors (Lipinski definition) is 3. The predicted molar refractivity (Wildman–Crippen MR) is 85.2 cm³/mol. The Bertz CT molecular complexity index is 404. The average Bonchev–Trinajstić information content (AvgIpc) is 2.91. The molecule has 0 bridgehead atoms. The highest BCUT2D eigenvalue weighted by Crippen LogP contribution is 2.28. The Balaban J connectivity index is 1.51. The van der Waals surface area contributed by atoms with Gasteiger partial charge in [-0.3, -0.25) is 15.0 Å². The summed E-state index contributed by atoms with van der Waals surface area (Å²) in [6, 6.07) is 0.921. The molecule has 1 amide bonds. The fourth-order valence-corrected chi connectivity index (χ4v) is 3.98. The molecule has 6 atom stereocenters. The van der Waals surface area contributed by atoms with Crippen LogP contribution in [0.1, 0.15) is 39.0 Å². The van der Waals surface area contributed by atoms with Crippen molar-refractivity contribution < 1.29 is 9.53 Å². The molecular weight excluding hydrogens is 280 g/mol. The number of carbonyl (C=O) groups is 1. The van der Waals surface area contributed by atoms with Crippen LogP contribution in [0, 0.1) is 5.92 Å². The lowest BCUT2D eigenvalue weighted by molar-refractivity contribution is -0.127. The van der Waals surface area contributed by atoms with E-state index in [0.29, 0.717) is 6.04 Å². The second-order valence-electron chi connectivity index (χ2n) is 7.27. The van der Waals surface area contributed by atoms with Crippen molar-refractivity contribution in [2.75, 3.05) is 20.6 Å². The number of carbonyl (C=O) groups excluding carboxylic acids is 1. The molecule has 3 aliphatic rings. The summed E-state index contributed by atoms with van der Waals surface area (Å²) >= 11 is 0. The summed E-state index contributed by atoms with van der Waals surface area (Å²) in [5, 5.41) is 10.2. The summed E-state index contributed by atoms with van der Waals surface area (Å²) in [7, 11) is 4.04. The van der Waals surface area contributed by atoms with Crippen LogP contribution in [0.25, 0.3) is 0 Å². The molecule has 1 aliphatic carbocycles. The zero-order chi connectivity index (χ0) is 15.7. The molecule has 6 nitrogen and oxygen atoms in total. The highest BCUT2D eigenvalue weighted by molar-refractivity contribution is 5.79. The summed E-state index contributed by atoms with van der Waals surface area (Å²) in [6.45, 7) is 3.15. The number of piperidine rings is 1. The third-order valence-electron chi connectivity index (χ3n) is 5.36. The van der Waals surface area contributed by atoms with Crippen LogP contribution in [-0.4, -0.2) is 62.0 Å². The minimum atomic E-state index is 0.00650. The van der Waals surface area contributed by atoms with Crippen molar-refractivity contribution in [3.63, 3.8) is 0 Å². The highest BCUT2D eigenvalue weighted by atomic mass is 16.5. The van der Waals surface area contributed by atoms with Crippen molar-refractivity contribution in [3.05, 3.63) is 0 Å². The molecule has 6 unspecified atom stereocenters. The van der Waals surface area contributed by atoms with Gasteiger partial charge >= 0.3 is 0 Å². The third-order valence-corrected chi connectivity index (χ3v) is 5.36. The number of rotatable bonds is 3. The van der Waals surface area contributed by atoms with Crippen LogP contribution in [0.5, 0.6) is 0 Å². The standard InChI is InChI=1S/C16H30N4O2/c1-10-12(5-4-8-17-10)15(21)18-11-6-7-14-13(9-11)19-16(22-14)20(2)3/h10-14,16-17,19H,4-9H2,1-3H3,(H,18,21). The first kappa shape index (κ1) is 16.2. The van der Waals surface area contributed by atoms with Gasteiger partial charge in [-0.15, -0.1) is 0 Å². The van der Waals surface area contributed by atoms with Crippen molar-refractivity contribution in [1.29, 1.82) is 0 Å². The second-order valence-corrected chi connectivity index (χ2v) is 7.27. The van der Waals surface area contributed by atoms with E-state index in [2.05, 4.69) is 27.8 Å². The zero-order valence-electron chi connectivity index (χ0n) is 14.0. The van der Waals surface area contributed by atoms with E-state index in [-0.39, 0.29) is 36.4 Å². The molecule has 6 heteroatoms. The molecule has 3 rings (SSSR count). The van der Waals surface area contributed by atoms with E-state index < -0.39 is 0 Å². The lowest BCUT2D eigenvalue weighted by Crippen LogP contribution is -2.52. The molecule has 0 radical (unpaired) electrons. The van der Waals surface area contributed by atoms with Gasteiger partial charge in [0, 0.05) is 18.1 Å². The van der Waals surface area contributed by atoms with Gasteiger partial charge in [-0.05, 0) is 59.7 Å². The summed E-state index contributed by atoms with van der Waals surface area (Å²) in [4.78, 5) is 14.6. The molecule has 3 fully saturated rings. The Kier molecular flexibility index (Phi) is 5.02. The van der Waals surface area contributed by atoms with E-state index in [1.54, 1.807) is 0 Å². The number of nitrogens with zero attached hydrogens (tertiary/aromatic N) is 1. The Hall–Kier alpha value is -0.690. The maximum Gasteiger partial charge on any atom is 0.224 e. The topological polar surface area (TPSA) is 65.6 Å². The van der Waals surface area contributed by atoms with Crippen LogP contribution in [-0.2, 0) is 9.53 Å². The van der Waals surface area contributed by atoms with Crippen molar-refractivity contribution in [1.82, 2.24) is 20.9 Å². The van der Waals surface area contributed by atoms with Gasteiger partial charge < -0.3 is 15.4 Å². The molecule has 0 aromatic rings. The van der Waals surface area contributed by atoms with Crippen LogP contribution in [0.3, 0.4) is 0 Å². The number of amides is 1. The quantitative estimate of drug-likeness (QED) is 0.697. The lowest BCUT2D eigenvalue weighted by atomic mass is 9.87. The highest BCUT2D eigenvalue weighted by Gasteiger charge is 2.40. The summed E-state index contributed by atoms with van der Waals surface area (Å²) in [6.07, 6.45) is 5.40. The molecule has 3 N–H and O–H groups in total. The molecule has 2 aliphatic heterocycles. The fourth-order valence-electron chi connectivity index (χ4n) is 3.98. The molecule has 2 saturated heterocycles. The Labute approximate surface area is 133 Å². The molecule has 2 heterocycles. The largest absolute Gasteiger partial charge is 0.353 e. The van der Waals surface area contributed by atoms with Gasteiger partial charge in [-0.25, -0.2) is 0 Å². The predicted octanol–water partition coefficient (Wildman–Crippen LogP) is 0.245. The van der Waals surface area contributed by atoms with Gasteiger partial charge in [0.05, 0.1) is 12.0 Å². The Morgan fingerprint density at radius 2 is 2.09 bits per heavy atom. The van der Waals surface area contributed by atoms with E-state index in [0.717, 1.165) is 38.6 Å². The fraction of sp³-hybridized carbons (Fsp3) is 0.938. The smallest absolute Gasteiger partial charge is 0.224 e. The maximum absolute atomic E-state index is 12.5. The van der Waals surface area contributed by atoms with Crippen LogP contribution in [0.2, 0.25) is 0 Å². The summed E-state index contributed by atoms with van der Waals surface area (Å²) in [5.41, 5.74) is 0. The van der Waals surface area contributed by atoms with Gasteiger partial charge in [-0.2, -0.15) is 0 Å². The number of fused-ring (bicyclic) bond motifs is 1. The monoisotopic (exact) mass is 310 g/mol. The number of ether oxygens (including phenoxy) is 1. The normalized spacial score (nSPS) is 42.2. The minimum absolute atomic E-state index is 0.00650. The molecule has 1 saturated carbocycles. The Morgan fingerprint density at radius 3 is 2.82 bits per heavy atom. The zero-order valence-corrected chi connectivity index (χ0v) is 14.0. The van der Waals surface area contributed by atoms with Crippen LogP contribution in [0.4, 0.5) is 0 Å². The molecule has 126 valence electrons. The first-order valence-corrected chi connectivity index (χ1v) is 8.66. The van der Waals surface area contributed by atoms with Gasteiger partial charge in [0.1, 0.15) is 0 Å². The lowest BCUT2D eigenvalue weighted by Gasteiger charge is -2.34. The van der Waals surface area contributed by atoms with Gasteiger partial charge in [-0.1, -0.05) is 0 Å². The Morgan fingerprint density at radius 1 is 1.27 bits per heavy atom.